The molecule has 2 heterocycles. The zero-order valence-corrected chi connectivity index (χ0v) is 21.8. The largest absolute Gasteiger partial charge is 0.497 e. The molecule has 1 aliphatic rings. The lowest BCUT2D eigenvalue weighted by Crippen LogP contribution is -2.21. The molecular formula is C29H30O9. The third-order valence-electron chi connectivity index (χ3n) is 5.62. The van der Waals surface area contributed by atoms with Crippen molar-refractivity contribution in [1.29, 1.82) is 0 Å². The predicted molar refractivity (Wildman–Crippen MR) is 140 cm³/mol. The lowest BCUT2D eigenvalue weighted by atomic mass is 10.0. The van der Waals surface area contributed by atoms with E-state index in [0.29, 0.717) is 40.6 Å². The summed E-state index contributed by atoms with van der Waals surface area (Å²) in [6.45, 7) is 8.95. The number of fused-ring (bicyclic) bond motifs is 1. The quantitative estimate of drug-likeness (QED) is 0.250. The highest BCUT2D eigenvalue weighted by molar-refractivity contribution is 5.89. The molecule has 0 bridgehead atoms. The molecule has 0 radical (unpaired) electrons. The monoisotopic (exact) mass is 522 g/mol. The standard InChI is InChI=1S/C29H30O9/c1-6-8-21-24(34-15-20-16-36-29(3,4)38-20)14-25-27(28(21)35-17-26(31)33-7-2)22(30)13-23(37-25)18-9-11-19(32-5)12-10-18/h6,9-14,16H,1,7-8,15,17H2,2-5H3. The minimum Gasteiger partial charge on any atom is -0.497 e. The molecule has 0 fully saturated rings. The summed E-state index contributed by atoms with van der Waals surface area (Å²) in [5.41, 5.74) is 1.09. The van der Waals surface area contributed by atoms with Gasteiger partial charge in [0.2, 0.25) is 5.79 Å². The number of ether oxygens (including phenoxy) is 6. The molecule has 200 valence electrons. The molecular weight excluding hydrogens is 492 g/mol. The molecule has 9 heteroatoms. The van der Waals surface area contributed by atoms with Gasteiger partial charge in [-0.05, 0) is 37.6 Å². The summed E-state index contributed by atoms with van der Waals surface area (Å²) in [7, 11) is 1.57. The molecule has 4 rings (SSSR count). The van der Waals surface area contributed by atoms with Gasteiger partial charge >= 0.3 is 5.97 Å². The number of rotatable bonds is 11. The Morgan fingerprint density at radius 3 is 2.53 bits per heavy atom. The van der Waals surface area contributed by atoms with Crippen molar-refractivity contribution < 1.29 is 37.6 Å². The van der Waals surface area contributed by atoms with E-state index in [1.165, 1.54) is 12.3 Å². The Morgan fingerprint density at radius 1 is 1.13 bits per heavy atom. The summed E-state index contributed by atoms with van der Waals surface area (Å²) in [6.07, 6.45) is 3.44. The maximum atomic E-state index is 13.4. The van der Waals surface area contributed by atoms with E-state index in [1.54, 1.807) is 64.3 Å². The third-order valence-corrected chi connectivity index (χ3v) is 5.62. The summed E-state index contributed by atoms with van der Waals surface area (Å²) < 4.78 is 39.5. The lowest BCUT2D eigenvalue weighted by molar-refractivity contribution is -0.145. The maximum absolute atomic E-state index is 13.4. The van der Waals surface area contributed by atoms with Gasteiger partial charge in [0.05, 0.1) is 13.7 Å². The van der Waals surface area contributed by atoms with Crippen molar-refractivity contribution in [2.24, 2.45) is 0 Å². The van der Waals surface area contributed by atoms with E-state index >= 15 is 0 Å². The minimum atomic E-state index is -0.792. The van der Waals surface area contributed by atoms with E-state index in [0.717, 1.165) is 0 Å². The minimum absolute atomic E-state index is 0.0544. The van der Waals surface area contributed by atoms with Gasteiger partial charge in [0.25, 0.3) is 0 Å². The molecule has 9 nitrogen and oxygen atoms in total. The average molecular weight is 523 g/mol. The Kier molecular flexibility index (Phi) is 7.95. The number of hydrogen-bond donors (Lipinski definition) is 0. The Labute approximate surface area is 220 Å². The summed E-state index contributed by atoms with van der Waals surface area (Å²) in [4.78, 5) is 25.5. The fraction of sp³-hybridized carbons (Fsp3) is 0.310. The molecule has 0 saturated heterocycles. The first kappa shape index (κ1) is 26.7. The van der Waals surface area contributed by atoms with Gasteiger partial charge in [-0.2, -0.15) is 0 Å². The molecule has 0 amide bonds. The van der Waals surface area contributed by atoms with Crippen LogP contribution in [0.5, 0.6) is 17.2 Å². The van der Waals surface area contributed by atoms with Crippen molar-refractivity contribution in [3.8, 4) is 28.6 Å². The third kappa shape index (κ3) is 5.94. The first-order chi connectivity index (χ1) is 18.2. The van der Waals surface area contributed by atoms with Crippen molar-refractivity contribution in [3.05, 3.63) is 76.9 Å². The van der Waals surface area contributed by atoms with Crippen LogP contribution in [-0.4, -0.2) is 38.7 Å². The topological polar surface area (TPSA) is 103 Å². The molecule has 2 aromatic carbocycles. The van der Waals surface area contributed by atoms with E-state index in [2.05, 4.69) is 6.58 Å². The molecule has 0 saturated carbocycles. The molecule has 1 aromatic heterocycles. The molecule has 0 N–H and O–H groups in total. The molecule has 1 aliphatic heterocycles. The Morgan fingerprint density at radius 2 is 1.89 bits per heavy atom. The van der Waals surface area contributed by atoms with Crippen molar-refractivity contribution in [3.63, 3.8) is 0 Å². The molecule has 0 spiro atoms. The van der Waals surface area contributed by atoms with Crippen LogP contribution >= 0.6 is 0 Å². The Bertz CT molecular complexity index is 1410. The highest BCUT2D eigenvalue weighted by Gasteiger charge is 2.28. The second-order valence-electron chi connectivity index (χ2n) is 8.84. The van der Waals surface area contributed by atoms with E-state index in [9.17, 15) is 9.59 Å². The average Bonchev–Trinajstić information content (AvgIpc) is 3.25. The van der Waals surface area contributed by atoms with Crippen molar-refractivity contribution in [1.82, 2.24) is 0 Å². The van der Waals surface area contributed by atoms with Crippen LogP contribution in [0.3, 0.4) is 0 Å². The SMILES string of the molecule is C=CCc1c(OCC2=COC(C)(C)O2)cc2oc(-c3ccc(OC)cc3)cc(=O)c2c1OCC(=O)OCC. The number of carbonyl (C=O) groups is 1. The van der Waals surface area contributed by atoms with E-state index < -0.39 is 18.4 Å². The number of allylic oxidation sites excluding steroid dienone is 1. The molecule has 3 aromatic rings. The van der Waals surface area contributed by atoms with Crippen LogP contribution in [0.25, 0.3) is 22.3 Å². The zero-order valence-electron chi connectivity index (χ0n) is 21.8. The van der Waals surface area contributed by atoms with Crippen LogP contribution in [-0.2, 0) is 25.4 Å². The van der Waals surface area contributed by atoms with Gasteiger partial charge in [-0.1, -0.05) is 6.08 Å². The number of benzene rings is 2. The van der Waals surface area contributed by atoms with Crippen LogP contribution in [0.1, 0.15) is 26.3 Å². The molecule has 0 unspecified atom stereocenters. The highest BCUT2D eigenvalue weighted by atomic mass is 16.7. The molecule has 38 heavy (non-hydrogen) atoms. The van der Waals surface area contributed by atoms with Crippen LogP contribution < -0.4 is 19.6 Å². The van der Waals surface area contributed by atoms with Gasteiger partial charge in [-0.3, -0.25) is 4.79 Å². The normalized spacial score (nSPS) is 13.7. The fourth-order valence-corrected chi connectivity index (χ4v) is 3.95. The lowest BCUT2D eigenvalue weighted by Gasteiger charge is -2.20. The van der Waals surface area contributed by atoms with Gasteiger partial charge < -0.3 is 32.8 Å². The van der Waals surface area contributed by atoms with Crippen molar-refractivity contribution in [2.75, 3.05) is 26.9 Å². The van der Waals surface area contributed by atoms with E-state index in [4.69, 9.17) is 32.8 Å². The Balaban J connectivity index is 1.81. The number of esters is 1. The molecule has 0 aliphatic carbocycles. The van der Waals surface area contributed by atoms with Crippen LogP contribution in [0.15, 0.2) is 70.3 Å². The second kappa shape index (κ2) is 11.3. The van der Waals surface area contributed by atoms with Gasteiger partial charge in [-0.15, -0.1) is 6.58 Å². The smallest absolute Gasteiger partial charge is 0.344 e. The highest BCUT2D eigenvalue weighted by Crippen LogP contribution is 2.38. The van der Waals surface area contributed by atoms with Crippen LogP contribution in [0.4, 0.5) is 0 Å². The number of carbonyl (C=O) groups excluding carboxylic acids is 1. The first-order valence-corrected chi connectivity index (χ1v) is 12.1. The number of hydrogen-bond acceptors (Lipinski definition) is 9. The summed E-state index contributed by atoms with van der Waals surface area (Å²) in [5, 5.41) is 0.177. The van der Waals surface area contributed by atoms with E-state index in [1.807, 2.05) is 0 Å². The van der Waals surface area contributed by atoms with Crippen molar-refractivity contribution >= 4 is 16.9 Å². The van der Waals surface area contributed by atoms with E-state index in [-0.39, 0.29) is 35.4 Å². The number of methoxy groups -OCH3 is 1. The van der Waals surface area contributed by atoms with Crippen LogP contribution in [0.2, 0.25) is 0 Å². The Hall–Kier alpha value is -4.40. The van der Waals surface area contributed by atoms with Gasteiger partial charge in [-0.25, -0.2) is 4.79 Å². The van der Waals surface area contributed by atoms with Gasteiger partial charge in [0, 0.05) is 37.1 Å². The van der Waals surface area contributed by atoms with Crippen LogP contribution in [0, 0.1) is 0 Å². The first-order valence-electron chi connectivity index (χ1n) is 12.1. The predicted octanol–water partition coefficient (Wildman–Crippen LogP) is 5.14. The van der Waals surface area contributed by atoms with Gasteiger partial charge in [0.15, 0.2) is 17.8 Å². The summed E-state index contributed by atoms with van der Waals surface area (Å²) >= 11 is 0. The fourth-order valence-electron chi connectivity index (χ4n) is 3.95. The second-order valence-corrected chi connectivity index (χ2v) is 8.84. The van der Waals surface area contributed by atoms with Gasteiger partial charge in [0.1, 0.15) is 46.8 Å². The zero-order chi connectivity index (χ0) is 27.3. The summed E-state index contributed by atoms with van der Waals surface area (Å²) in [5.74, 6) is 0.688. The van der Waals surface area contributed by atoms with Crippen molar-refractivity contribution in [2.45, 2.75) is 33.0 Å². The molecule has 0 atom stereocenters. The maximum Gasteiger partial charge on any atom is 0.344 e. The summed E-state index contributed by atoms with van der Waals surface area (Å²) in [6, 6.07) is 10.1.